The van der Waals surface area contributed by atoms with E-state index in [4.69, 9.17) is 28.9 Å². The second-order valence-electron chi connectivity index (χ2n) is 4.42. The van der Waals surface area contributed by atoms with Gasteiger partial charge in [-0.25, -0.2) is 4.98 Å². The zero-order valence-corrected chi connectivity index (χ0v) is 12.9. The van der Waals surface area contributed by atoms with Crippen LogP contribution < -0.4 is 11.1 Å². The van der Waals surface area contributed by atoms with Crippen LogP contribution in [0.3, 0.4) is 0 Å². The van der Waals surface area contributed by atoms with E-state index in [1.807, 2.05) is 19.1 Å². The third kappa shape index (κ3) is 2.68. The van der Waals surface area contributed by atoms with Crippen molar-refractivity contribution in [1.29, 1.82) is 0 Å². The first-order valence-corrected chi connectivity index (χ1v) is 7.48. The summed E-state index contributed by atoms with van der Waals surface area (Å²) < 4.78 is 1.08. The number of anilines is 3. The van der Waals surface area contributed by atoms with Crippen LogP contribution in [0.1, 0.15) is 5.01 Å². The molecule has 2 aromatic carbocycles. The molecule has 0 spiro atoms. The largest absolute Gasteiger partial charge is 0.397 e. The third-order valence-corrected chi connectivity index (χ3v) is 4.18. The first kappa shape index (κ1) is 13.5. The summed E-state index contributed by atoms with van der Waals surface area (Å²) in [5.41, 5.74) is 9.25. The van der Waals surface area contributed by atoms with E-state index in [0.29, 0.717) is 15.7 Å². The van der Waals surface area contributed by atoms with Gasteiger partial charge in [0.2, 0.25) is 0 Å². The Morgan fingerprint density at radius 3 is 2.50 bits per heavy atom. The zero-order valence-electron chi connectivity index (χ0n) is 10.6. The number of hydrogen-bond donors (Lipinski definition) is 2. The van der Waals surface area contributed by atoms with E-state index in [0.717, 1.165) is 26.6 Å². The van der Waals surface area contributed by atoms with Crippen molar-refractivity contribution in [1.82, 2.24) is 4.98 Å². The summed E-state index contributed by atoms with van der Waals surface area (Å²) in [6.45, 7) is 1.98. The highest BCUT2D eigenvalue weighted by molar-refractivity contribution is 7.18. The highest BCUT2D eigenvalue weighted by Crippen LogP contribution is 2.32. The Balaban J connectivity index is 2.03. The highest BCUT2D eigenvalue weighted by atomic mass is 35.5. The fourth-order valence-corrected chi connectivity index (χ4v) is 3.38. The SMILES string of the molecule is Cc1nc2cc(Nc3cc(Cl)cc(Cl)c3)c(N)cc2s1. The number of aryl methyl sites for hydroxylation is 1. The molecule has 3 rings (SSSR count). The number of hydrogen-bond acceptors (Lipinski definition) is 4. The molecular formula is C14H11Cl2N3S. The molecule has 3 nitrogen and oxygen atoms in total. The Kier molecular flexibility index (Phi) is 3.46. The van der Waals surface area contributed by atoms with Crippen LogP contribution in [0.25, 0.3) is 10.2 Å². The normalized spacial score (nSPS) is 10.9. The minimum Gasteiger partial charge on any atom is -0.397 e. The molecule has 0 aliphatic rings. The van der Waals surface area contributed by atoms with Gasteiger partial charge in [-0.2, -0.15) is 0 Å². The van der Waals surface area contributed by atoms with Crippen LogP contribution in [0.2, 0.25) is 10.0 Å². The van der Waals surface area contributed by atoms with Gasteiger partial charge in [0.15, 0.2) is 0 Å². The molecule has 1 heterocycles. The number of halogens is 2. The Labute approximate surface area is 130 Å². The number of thiazole rings is 1. The highest BCUT2D eigenvalue weighted by Gasteiger charge is 2.07. The van der Waals surface area contributed by atoms with Crippen molar-refractivity contribution in [2.24, 2.45) is 0 Å². The fourth-order valence-electron chi connectivity index (χ4n) is 1.99. The van der Waals surface area contributed by atoms with Crippen molar-refractivity contribution in [3.63, 3.8) is 0 Å². The summed E-state index contributed by atoms with van der Waals surface area (Å²) >= 11 is 13.6. The average molecular weight is 324 g/mol. The number of benzene rings is 2. The topological polar surface area (TPSA) is 50.9 Å². The maximum Gasteiger partial charge on any atom is 0.0907 e. The van der Waals surface area contributed by atoms with E-state index >= 15 is 0 Å². The Hall–Kier alpha value is -1.49. The first-order valence-electron chi connectivity index (χ1n) is 5.91. The number of nitrogen functional groups attached to an aromatic ring is 1. The number of aromatic nitrogens is 1. The maximum absolute atomic E-state index is 6.07. The molecule has 0 atom stereocenters. The monoisotopic (exact) mass is 323 g/mol. The molecule has 0 aliphatic carbocycles. The van der Waals surface area contributed by atoms with Gasteiger partial charge in [-0.1, -0.05) is 23.2 Å². The summed E-state index contributed by atoms with van der Waals surface area (Å²) in [5.74, 6) is 0. The summed E-state index contributed by atoms with van der Waals surface area (Å²) in [6, 6.07) is 9.13. The minimum absolute atomic E-state index is 0.573. The predicted octanol–water partition coefficient (Wildman–Crippen LogP) is 5.24. The lowest BCUT2D eigenvalue weighted by atomic mass is 10.2. The lowest BCUT2D eigenvalue weighted by molar-refractivity contribution is 1.35. The molecule has 0 unspecified atom stereocenters. The van der Waals surface area contributed by atoms with Crippen LogP contribution in [-0.2, 0) is 0 Å². The van der Waals surface area contributed by atoms with Crippen LogP contribution in [0, 0.1) is 6.92 Å². The number of nitrogens with two attached hydrogens (primary N) is 1. The molecule has 3 N–H and O–H groups in total. The first-order chi connectivity index (χ1) is 9.51. The van der Waals surface area contributed by atoms with Gasteiger partial charge in [-0.15, -0.1) is 11.3 Å². The molecular weight excluding hydrogens is 313 g/mol. The van der Waals surface area contributed by atoms with Gasteiger partial charge in [0, 0.05) is 15.7 Å². The zero-order chi connectivity index (χ0) is 14.3. The van der Waals surface area contributed by atoms with E-state index in [2.05, 4.69) is 10.3 Å². The van der Waals surface area contributed by atoms with Crippen LogP contribution >= 0.6 is 34.5 Å². The average Bonchev–Trinajstić information content (AvgIpc) is 2.67. The van der Waals surface area contributed by atoms with Gasteiger partial charge in [-0.05, 0) is 37.3 Å². The van der Waals surface area contributed by atoms with Crippen molar-refractivity contribution in [2.45, 2.75) is 6.92 Å². The third-order valence-electron chi connectivity index (χ3n) is 2.81. The molecule has 0 radical (unpaired) electrons. The second kappa shape index (κ2) is 5.13. The lowest BCUT2D eigenvalue weighted by Crippen LogP contribution is -1.96. The standard InChI is InChI=1S/C14H11Cl2N3S/c1-7-18-13-6-12(11(17)5-14(13)20-7)19-10-3-8(15)2-9(16)4-10/h2-6,19H,17H2,1H3. The van der Waals surface area contributed by atoms with E-state index in [-0.39, 0.29) is 0 Å². The van der Waals surface area contributed by atoms with Crippen LogP contribution in [0.4, 0.5) is 17.1 Å². The molecule has 3 aromatic rings. The summed E-state index contributed by atoms with van der Waals surface area (Å²) in [4.78, 5) is 4.46. The molecule has 0 saturated carbocycles. The molecule has 0 bridgehead atoms. The summed E-state index contributed by atoms with van der Waals surface area (Å²) in [5, 5.41) is 5.39. The van der Waals surface area contributed by atoms with Crippen molar-refractivity contribution in [3.8, 4) is 0 Å². The van der Waals surface area contributed by atoms with E-state index in [1.54, 1.807) is 29.5 Å². The molecule has 0 fully saturated rings. The molecule has 1 aromatic heterocycles. The van der Waals surface area contributed by atoms with E-state index < -0.39 is 0 Å². The fraction of sp³-hybridized carbons (Fsp3) is 0.0714. The van der Waals surface area contributed by atoms with Gasteiger partial charge < -0.3 is 11.1 Å². The van der Waals surface area contributed by atoms with Crippen molar-refractivity contribution in [2.75, 3.05) is 11.1 Å². The maximum atomic E-state index is 6.07. The quantitative estimate of drug-likeness (QED) is 0.634. The van der Waals surface area contributed by atoms with Crippen LogP contribution in [-0.4, -0.2) is 4.98 Å². The van der Waals surface area contributed by atoms with Gasteiger partial charge >= 0.3 is 0 Å². The Bertz CT molecular complexity index is 778. The van der Waals surface area contributed by atoms with Crippen LogP contribution in [0.5, 0.6) is 0 Å². The summed E-state index contributed by atoms with van der Waals surface area (Å²) in [6.07, 6.45) is 0. The number of nitrogens with one attached hydrogen (secondary N) is 1. The molecule has 0 saturated heterocycles. The number of nitrogens with zero attached hydrogens (tertiary/aromatic N) is 1. The number of fused-ring (bicyclic) bond motifs is 1. The predicted molar refractivity (Wildman–Crippen MR) is 88.5 cm³/mol. The van der Waals surface area contributed by atoms with Gasteiger partial charge in [0.05, 0.1) is 26.6 Å². The molecule has 102 valence electrons. The number of rotatable bonds is 2. The minimum atomic E-state index is 0.573. The Morgan fingerprint density at radius 1 is 1.10 bits per heavy atom. The van der Waals surface area contributed by atoms with Crippen molar-refractivity contribution < 1.29 is 0 Å². The van der Waals surface area contributed by atoms with E-state index in [1.165, 1.54) is 0 Å². The molecule has 20 heavy (non-hydrogen) atoms. The molecule has 6 heteroatoms. The lowest BCUT2D eigenvalue weighted by Gasteiger charge is -2.10. The van der Waals surface area contributed by atoms with Gasteiger partial charge in [-0.3, -0.25) is 0 Å². The van der Waals surface area contributed by atoms with Gasteiger partial charge in [0.1, 0.15) is 0 Å². The molecule has 0 amide bonds. The van der Waals surface area contributed by atoms with E-state index in [9.17, 15) is 0 Å². The summed E-state index contributed by atoms with van der Waals surface area (Å²) in [7, 11) is 0. The van der Waals surface area contributed by atoms with Crippen molar-refractivity contribution >= 4 is 61.8 Å². The Morgan fingerprint density at radius 2 is 1.80 bits per heavy atom. The van der Waals surface area contributed by atoms with Crippen molar-refractivity contribution in [3.05, 3.63) is 45.4 Å². The van der Waals surface area contributed by atoms with Crippen LogP contribution in [0.15, 0.2) is 30.3 Å². The smallest absolute Gasteiger partial charge is 0.0907 e. The second-order valence-corrected chi connectivity index (χ2v) is 6.53. The van der Waals surface area contributed by atoms with Gasteiger partial charge in [0.25, 0.3) is 0 Å². The molecule has 0 aliphatic heterocycles.